The van der Waals surface area contributed by atoms with Gasteiger partial charge in [0.1, 0.15) is 0 Å². The van der Waals surface area contributed by atoms with E-state index < -0.39 is 0 Å². The first-order valence-corrected chi connectivity index (χ1v) is 3.67. The van der Waals surface area contributed by atoms with Crippen molar-refractivity contribution in [1.29, 1.82) is 0 Å². The Morgan fingerprint density at radius 2 is 2.42 bits per heavy atom. The highest BCUT2D eigenvalue weighted by Crippen LogP contribution is 2.21. The molecule has 0 bridgehead atoms. The molecule has 2 rings (SSSR count). The summed E-state index contributed by atoms with van der Waals surface area (Å²) < 4.78 is 0. The third kappa shape index (κ3) is 0.797. The molecule has 3 N–H and O–H groups in total. The molecule has 3 heteroatoms. The highest BCUT2D eigenvalue weighted by Gasteiger charge is 2.02. The third-order valence-corrected chi connectivity index (χ3v) is 1.86. The van der Waals surface area contributed by atoms with Crippen molar-refractivity contribution in [2.45, 2.75) is 0 Å². The smallest absolute Gasteiger partial charge is 0.0865 e. The average Bonchev–Trinajstić information content (AvgIpc) is 2.48. The van der Waals surface area contributed by atoms with Crippen LogP contribution >= 0.6 is 0 Å². The van der Waals surface area contributed by atoms with Crippen LogP contribution in [0.15, 0.2) is 25.0 Å². The lowest BCUT2D eigenvalue weighted by atomic mass is 10.2. The lowest BCUT2D eigenvalue weighted by molar-refractivity contribution is 1.31. The molecule has 2 aromatic rings. The van der Waals surface area contributed by atoms with Gasteiger partial charge in [-0.3, -0.25) is 4.98 Å². The molecule has 0 aliphatic heterocycles. The van der Waals surface area contributed by atoms with E-state index in [-0.39, 0.29) is 0 Å². The second-order valence-electron chi connectivity index (χ2n) is 2.57. The van der Waals surface area contributed by atoms with E-state index >= 15 is 0 Å². The maximum atomic E-state index is 5.71. The number of rotatable bonds is 1. The number of hydrogen-bond acceptors (Lipinski definition) is 2. The minimum Gasteiger partial charge on any atom is -0.397 e. The first kappa shape index (κ1) is 6.91. The molecule has 3 nitrogen and oxygen atoms in total. The lowest BCUT2D eigenvalue weighted by Gasteiger charge is -1.94. The van der Waals surface area contributed by atoms with Crippen molar-refractivity contribution in [2.24, 2.45) is 0 Å². The van der Waals surface area contributed by atoms with Crippen molar-refractivity contribution >= 4 is 22.7 Å². The molecular weight excluding hydrogens is 150 g/mol. The summed E-state index contributed by atoms with van der Waals surface area (Å²) in [5.41, 5.74) is 8.24. The zero-order valence-electron chi connectivity index (χ0n) is 6.54. The predicted octanol–water partition coefficient (Wildman–Crippen LogP) is 1.79. The van der Waals surface area contributed by atoms with Gasteiger partial charge in [-0.1, -0.05) is 6.58 Å². The van der Waals surface area contributed by atoms with Crippen molar-refractivity contribution in [3.8, 4) is 0 Å². The van der Waals surface area contributed by atoms with Gasteiger partial charge < -0.3 is 10.7 Å². The number of fused-ring (bicyclic) bond motifs is 1. The Morgan fingerprint density at radius 3 is 3.17 bits per heavy atom. The van der Waals surface area contributed by atoms with Gasteiger partial charge in [-0.2, -0.15) is 0 Å². The molecule has 0 aromatic carbocycles. The van der Waals surface area contributed by atoms with Gasteiger partial charge in [0.2, 0.25) is 0 Å². The molecule has 2 heterocycles. The zero-order valence-corrected chi connectivity index (χ0v) is 6.54. The Labute approximate surface area is 69.9 Å². The molecule has 0 saturated carbocycles. The van der Waals surface area contributed by atoms with Crippen molar-refractivity contribution in [1.82, 2.24) is 9.97 Å². The fourth-order valence-electron chi connectivity index (χ4n) is 1.25. The fourth-order valence-corrected chi connectivity index (χ4v) is 1.25. The van der Waals surface area contributed by atoms with Crippen molar-refractivity contribution in [3.63, 3.8) is 0 Å². The van der Waals surface area contributed by atoms with Gasteiger partial charge in [-0.05, 0) is 12.1 Å². The van der Waals surface area contributed by atoms with Crippen LogP contribution < -0.4 is 5.73 Å². The molecule has 0 saturated heterocycles. The minimum atomic E-state index is 0.746. The SMILES string of the molecule is C=Cc1nccc2c(N)c[nH]c12. The van der Waals surface area contributed by atoms with E-state index in [9.17, 15) is 0 Å². The number of aromatic amines is 1. The van der Waals surface area contributed by atoms with Crippen LogP contribution in [0.3, 0.4) is 0 Å². The van der Waals surface area contributed by atoms with E-state index in [1.54, 1.807) is 18.5 Å². The molecule has 0 aliphatic rings. The number of nitrogens with one attached hydrogen (secondary N) is 1. The zero-order chi connectivity index (χ0) is 8.55. The summed E-state index contributed by atoms with van der Waals surface area (Å²) in [6, 6.07) is 1.88. The summed E-state index contributed by atoms with van der Waals surface area (Å²) in [5.74, 6) is 0. The fraction of sp³-hybridized carbons (Fsp3) is 0. The van der Waals surface area contributed by atoms with Crippen LogP contribution in [0.2, 0.25) is 0 Å². The molecule has 0 radical (unpaired) electrons. The second kappa shape index (κ2) is 2.37. The number of anilines is 1. The third-order valence-electron chi connectivity index (χ3n) is 1.86. The van der Waals surface area contributed by atoms with Crippen molar-refractivity contribution in [2.75, 3.05) is 5.73 Å². The molecule has 0 fully saturated rings. The average molecular weight is 159 g/mol. The minimum absolute atomic E-state index is 0.746. The van der Waals surface area contributed by atoms with Crippen LogP contribution in [0.25, 0.3) is 17.0 Å². The largest absolute Gasteiger partial charge is 0.397 e. The lowest BCUT2D eigenvalue weighted by Crippen LogP contribution is -1.83. The summed E-state index contributed by atoms with van der Waals surface area (Å²) in [6.45, 7) is 3.67. The second-order valence-corrected chi connectivity index (χ2v) is 2.57. The van der Waals surface area contributed by atoms with Crippen LogP contribution in [0.1, 0.15) is 5.69 Å². The molecule has 12 heavy (non-hydrogen) atoms. The molecule has 0 spiro atoms. The standard InChI is InChI=1S/C9H9N3/c1-2-8-9-6(3-4-11-8)7(10)5-12-9/h2-5,12H,1,10H2. The van der Waals surface area contributed by atoms with Gasteiger partial charge in [-0.15, -0.1) is 0 Å². The number of nitrogen functional groups attached to an aromatic ring is 1. The molecular formula is C9H9N3. The Kier molecular flexibility index (Phi) is 1.37. The van der Waals surface area contributed by atoms with Gasteiger partial charge >= 0.3 is 0 Å². The van der Waals surface area contributed by atoms with Gasteiger partial charge in [0.15, 0.2) is 0 Å². The van der Waals surface area contributed by atoms with Crippen LogP contribution in [0.5, 0.6) is 0 Å². The van der Waals surface area contributed by atoms with Crippen molar-refractivity contribution < 1.29 is 0 Å². The molecule has 0 unspecified atom stereocenters. The summed E-state index contributed by atoms with van der Waals surface area (Å²) in [5, 5.41) is 1.000. The number of hydrogen-bond donors (Lipinski definition) is 2. The number of nitrogens with two attached hydrogens (primary N) is 1. The van der Waals surface area contributed by atoms with E-state index in [0.29, 0.717) is 0 Å². The Balaban J connectivity index is 2.89. The summed E-state index contributed by atoms with van der Waals surface area (Å²) in [7, 11) is 0. The van der Waals surface area contributed by atoms with Gasteiger partial charge in [-0.25, -0.2) is 0 Å². The van der Waals surface area contributed by atoms with E-state index in [1.807, 2.05) is 6.07 Å². The van der Waals surface area contributed by atoms with Crippen LogP contribution in [0, 0.1) is 0 Å². The molecule has 0 amide bonds. The van der Waals surface area contributed by atoms with E-state index in [1.165, 1.54) is 0 Å². The Bertz CT molecular complexity index is 428. The highest BCUT2D eigenvalue weighted by atomic mass is 14.8. The predicted molar refractivity (Wildman–Crippen MR) is 50.6 cm³/mol. The van der Waals surface area contributed by atoms with E-state index in [0.717, 1.165) is 22.3 Å². The number of pyridine rings is 1. The normalized spacial score (nSPS) is 10.3. The Hall–Kier alpha value is -1.77. The monoisotopic (exact) mass is 159 g/mol. The molecule has 60 valence electrons. The topological polar surface area (TPSA) is 54.7 Å². The Morgan fingerprint density at radius 1 is 1.58 bits per heavy atom. The molecule has 0 atom stereocenters. The molecule has 2 aromatic heterocycles. The molecule has 0 aliphatic carbocycles. The maximum absolute atomic E-state index is 5.71. The van der Waals surface area contributed by atoms with Gasteiger partial charge in [0.25, 0.3) is 0 Å². The quantitative estimate of drug-likeness (QED) is 0.666. The highest BCUT2D eigenvalue weighted by molar-refractivity contribution is 5.94. The summed E-state index contributed by atoms with van der Waals surface area (Å²) >= 11 is 0. The maximum Gasteiger partial charge on any atom is 0.0865 e. The number of H-pyrrole nitrogens is 1. The summed E-state index contributed by atoms with van der Waals surface area (Å²) in [4.78, 5) is 7.18. The van der Waals surface area contributed by atoms with Crippen LogP contribution in [0.4, 0.5) is 5.69 Å². The van der Waals surface area contributed by atoms with E-state index in [2.05, 4.69) is 16.5 Å². The van der Waals surface area contributed by atoms with Crippen LogP contribution in [-0.2, 0) is 0 Å². The van der Waals surface area contributed by atoms with Crippen molar-refractivity contribution in [3.05, 3.63) is 30.7 Å². The van der Waals surface area contributed by atoms with E-state index in [4.69, 9.17) is 5.73 Å². The van der Waals surface area contributed by atoms with Crippen LogP contribution in [-0.4, -0.2) is 9.97 Å². The number of aromatic nitrogens is 2. The summed E-state index contributed by atoms with van der Waals surface area (Å²) in [6.07, 6.45) is 5.20. The van der Waals surface area contributed by atoms with Gasteiger partial charge in [0, 0.05) is 17.8 Å². The number of nitrogens with zero attached hydrogens (tertiary/aromatic N) is 1. The first-order chi connectivity index (χ1) is 5.83. The first-order valence-electron chi connectivity index (χ1n) is 3.67. The van der Waals surface area contributed by atoms with Gasteiger partial charge in [0.05, 0.1) is 16.9 Å².